The molecule has 3 rings (SSSR count). The van der Waals surface area contributed by atoms with Crippen molar-refractivity contribution in [3.05, 3.63) is 71.3 Å². The quantitative estimate of drug-likeness (QED) is 0.728. The molecule has 2 aromatic carbocycles. The SMILES string of the molecule is O=C(NCCNC(=O)[C@@H]1CCCN1C(=O)c1cccc(F)c1)c1ccc(F)cc1. The van der Waals surface area contributed by atoms with E-state index in [0.717, 1.165) is 6.07 Å². The van der Waals surface area contributed by atoms with E-state index >= 15 is 0 Å². The van der Waals surface area contributed by atoms with E-state index < -0.39 is 17.7 Å². The van der Waals surface area contributed by atoms with Crippen molar-refractivity contribution in [2.75, 3.05) is 19.6 Å². The first-order valence-corrected chi connectivity index (χ1v) is 9.34. The van der Waals surface area contributed by atoms with Crippen LogP contribution in [0.2, 0.25) is 0 Å². The van der Waals surface area contributed by atoms with Crippen molar-refractivity contribution in [2.24, 2.45) is 0 Å². The highest BCUT2D eigenvalue weighted by Gasteiger charge is 2.34. The van der Waals surface area contributed by atoms with Crippen LogP contribution < -0.4 is 10.6 Å². The van der Waals surface area contributed by atoms with Gasteiger partial charge in [0, 0.05) is 30.8 Å². The molecule has 0 radical (unpaired) electrons. The lowest BCUT2D eigenvalue weighted by atomic mass is 10.1. The van der Waals surface area contributed by atoms with E-state index in [2.05, 4.69) is 10.6 Å². The first kappa shape index (κ1) is 20.4. The third-order valence-electron chi connectivity index (χ3n) is 4.70. The van der Waals surface area contributed by atoms with Crippen LogP contribution in [0.5, 0.6) is 0 Å². The third-order valence-corrected chi connectivity index (χ3v) is 4.70. The van der Waals surface area contributed by atoms with Gasteiger partial charge in [0.25, 0.3) is 11.8 Å². The maximum absolute atomic E-state index is 13.4. The lowest BCUT2D eigenvalue weighted by Crippen LogP contribution is -2.47. The second kappa shape index (κ2) is 9.27. The Balaban J connectivity index is 1.49. The molecular formula is C21H21F2N3O3. The molecule has 1 saturated heterocycles. The Hall–Kier alpha value is -3.29. The molecule has 0 aliphatic carbocycles. The molecule has 3 amide bonds. The van der Waals surface area contributed by atoms with E-state index in [9.17, 15) is 23.2 Å². The molecule has 0 bridgehead atoms. The molecule has 1 atom stereocenters. The average Bonchev–Trinajstić information content (AvgIpc) is 3.21. The number of benzene rings is 2. The first-order valence-electron chi connectivity index (χ1n) is 9.34. The number of halogens is 2. The largest absolute Gasteiger partial charge is 0.353 e. The standard InChI is InChI=1S/C21H21F2N3O3/c22-16-8-6-14(7-9-16)19(27)24-10-11-25-20(28)18-5-2-12-26(18)21(29)15-3-1-4-17(23)13-15/h1,3-4,6-9,13,18H,2,5,10-12H2,(H,24,27)(H,25,28)/t18-/m0/s1. The minimum absolute atomic E-state index is 0.185. The zero-order valence-electron chi connectivity index (χ0n) is 15.7. The summed E-state index contributed by atoms with van der Waals surface area (Å²) >= 11 is 0. The molecule has 2 aromatic rings. The molecule has 152 valence electrons. The van der Waals surface area contributed by atoms with Crippen molar-refractivity contribution in [2.45, 2.75) is 18.9 Å². The van der Waals surface area contributed by atoms with Crippen LogP contribution in [0, 0.1) is 11.6 Å². The topological polar surface area (TPSA) is 78.5 Å². The summed E-state index contributed by atoms with van der Waals surface area (Å²) in [6, 6.07) is 9.89. The lowest BCUT2D eigenvalue weighted by molar-refractivity contribution is -0.124. The fourth-order valence-corrected chi connectivity index (χ4v) is 3.25. The number of hydrogen-bond acceptors (Lipinski definition) is 3. The van der Waals surface area contributed by atoms with Crippen LogP contribution >= 0.6 is 0 Å². The molecular weight excluding hydrogens is 380 g/mol. The van der Waals surface area contributed by atoms with Gasteiger partial charge in [-0.1, -0.05) is 6.07 Å². The number of nitrogens with one attached hydrogen (secondary N) is 2. The van der Waals surface area contributed by atoms with Crippen molar-refractivity contribution in [1.29, 1.82) is 0 Å². The Morgan fingerprint density at radius 1 is 0.931 bits per heavy atom. The molecule has 0 spiro atoms. The molecule has 0 saturated carbocycles. The summed E-state index contributed by atoms with van der Waals surface area (Å²) in [5, 5.41) is 5.34. The van der Waals surface area contributed by atoms with Gasteiger partial charge < -0.3 is 15.5 Å². The van der Waals surface area contributed by atoms with E-state index in [1.165, 1.54) is 47.4 Å². The highest BCUT2D eigenvalue weighted by Crippen LogP contribution is 2.20. The summed E-state index contributed by atoms with van der Waals surface area (Å²) in [7, 11) is 0. The van der Waals surface area contributed by atoms with E-state index in [-0.39, 0.29) is 36.4 Å². The molecule has 0 unspecified atom stereocenters. The van der Waals surface area contributed by atoms with E-state index in [0.29, 0.717) is 24.9 Å². The summed E-state index contributed by atoms with van der Waals surface area (Å²) in [6.07, 6.45) is 1.20. The lowest BCUT2D eigenvalue weighted by Gasteiger charge is -2.24. The molecule has 1 aliphatic rings. The summed E-state index contributed by atoms with van der Waals surface area (Å²) < 4.78 is 26.3. The zero-order valence-corrected chi connectivity index (χ0v) is 15.7. The van der Waals surface area contributed by atoms with Crippen LogP contribution in [0.3, 0.4) is 0 Å². The van der Waals surface area contributed by atoms with Crippen LogP contribution in [-0.4, -0.2) is 48.3 Å². The number of likely N-dealkylation sites (tertiary alicyclic amines) is 1. The van der Waals surface area contributed by atoms with Gasteiger partial charge in [-0.2, -0.15) is 0 Å². The van der Waals surface area contributed by atoms with Gasteiger partial charge in [0.2, 0.25) is 5.91 Å². The van der Waals surface area contributed by atoms with Crippen molar-refractivity contribution in [3.8, 4) is 0 Å². The van der Waals surface area contributed by atoms with Gasteiger partial charge in [0.15, 0.2) is 0 Å². The maximum Gasteiger partial charge on any atom is 0.254 e. The van der Waals surface area contributed by atoms with E-state index in [4.69, 9.17) is 0 Å². The van der Waals surface area contributed by atoms with Crippen LogP contribution in [0.15, 0.2) is 48.5 Å². The molecule has 0 aromatic heterocycles. The van der Waals surface area contributed by atoms with Gasteiger partial charge in [0.1, 0.15) is 17.7 Å². The van der Waals surface area contributed by atoms with E-state index in [1.807, 2.05) is 0 Å². The minimum atomic E-state index is -0.626. The van der Waals surface area contributed by atoms with E-state index in [1.54, 1.807) is 0 Å². The Morgan fingerprint density at radius 2 is 1.66 bits per heavy atom. The summed E-state index contributed by atoms with van der Waals surface area (Å²) in [5.41, 5.74) is 0.525. The van der Waals surface area contributed by atoms with Gasteiger partial charge in [-0.3, -0.25) is 14.4 Å². The van der Waals surface area contributed by atoms with Crippen LogP contribution in [0.25, 0.3) is 0 Å². The Labute approximate surface area is 166 Å². The molecule has 2 N–H and O–H groups in total. The average molecular weight is 401 g/mol. The molecule has 8 heteroatoms. The summed E-state index contributed by atoms with van der Waals surface area (Å²) in [5.74, 6) is -2.01. The Kier molecular flexibility index (Phi) is 6.54. The van der Waals surface area contributed by atoms with Crippen molar-refractivity contribution in [3.63, 3.8) is 0 Å². The Morgan fingerprint density at radius 3 is 2.38 bits per heavy atom. The second-order valence-electron chi connectivity index (χ2n) is 6.72. The predicted octanol–water partition coefficient (Wildman–Crippen LogP) is 2.12. The van der Waals surface area contributed by atoms with Crippen molar-refractivity contribution >= 4 is 17.7 Å². The van der Waals surface area contributed by atoms with Crippen LogP contribution in [0.1, 0.15) is 33.6 Å². The number of carbonyl (C=O) groups is 3. The molecule has 6 nitrogen and oxygen atoms in total. The number of nitrogens with zero attached hydrogens (tertiary/aromatic N) is 1. The number of rotatable bonds is 6. The molecule has 1 aliphatic heterocycles. The molecule has 1 heterocycles. The van der Waals surface area contributed by atoms with Gasteiger partial charge >= 0.3 is 0 Å². The van der Waals surface area contributed by atoms with Crippen molar-refractivity contribution in [1.82, 2.24) is 15.5 Å². The highest BCUT2D eigenvalue weighted by atomic mass is 19.1. The van der Waals surface area contributed by atoms with Gasteiger partial charge in [0.05, 0.1) is 0 Å². The molecule has 29 heavy (non-hydrogen) atoms. The summed E-state index contributed by atoms with van der Waals surface area (Å²) in [4.78, 5) is 38.5. The first-order chi connectivity index (χ1) is 14.0. The number of carbonyl (C=O) groups excluding carboxylic acids is 3. The number of amides is 3. The monoisotopic (exact) mass is 401 g/mol. The fourth-order valence-electron chi connectivity index (χ4n) is 3.25. The fraction of sp³-hybridized carbons (Fsp3) is 0.286. The third kappa shape index (κ3) is 5.16. The smallest absolute Gasteiger partial charge is 0.254 e. The van der Waals surface area contributed by atoms with Crippen LogP contribution in [0.4, 0.5) is 8.78 Å². The van der Waals surface area contributed by atoms with Gasteiger partial charge in [-0.15, -0.1) is 0 Å². The Bertz CT molecular complexity index is 902. The van der Waals surface area contributed by atoms with Crippen LogP contribution in [-0.2, 0) is 4.79 Å². The second-order valence-corrected chi connectivity index (χ2v) is 6.72. The predicted molar refractivity (Wildman–Crippen MR) is 102 cm³/mol. The highest BCUT2D eigenvalue weighted by molar-refractivity contribution is 5.98. The normalized spacial score (nSPS) is 15.8. The maximum atomic E-state index is 13.4. The van der Waals surface area contributed by atoms with Gasteiger partial charge in [-0.05, 0) is 55.3 Å². The molecule has 1 fully saturated rings. The van der Waals surface area contributed by atoms with Gasteiger partial charge in [-0.25, -0.2) is 8.78 Å². The minimum Gasteiger partial charge on any atom is -0.353 e. The van der Waals surface area contributed by atoms with Crippen molar-refractivity contribution < 1.29 is 23.2 Å². The zero-order chi connectivity index (χ0) is 20.8. The summed E-state index contributed by atoms with van der Waals surface area (Å²) in [6.45, 7) is 0.797. The number of hydrogen-bond donors (Lipinski definition) is 2.